The standard InChI is InChI=1S/C18H21ClN2O3S/c1-12(2)21-25(23,24)17-9-5-7-15(11-17)18(22)20-13(3)14-6-4-8-16(19)10-14/h4-13,21H,1-3H3,(H,20,22). The zero-order valence-electron chi connectivity index (χ0n) is 14.3. The summed E-state index contributed by atoms with van der Waals surface area (Å²) in [6.45, 7) is 5.31. The molecule has 1 unspecified atom stereocenters. The maximum atomic E-state index is 12.5. The number of amides is 1. The van der Waals surface area contributed by atoms with Crippen LogP contribution in [0.15, 0.2) is 53.4 Å². The lowest BCUT2D eigenvalue weighted by atomic mass is 10.1. The van der Waals surface area contributed by atoms with Crippen molar-refractivity contribution < 1.29 is 13.2 Å². The van der Waals surface area contributed by atoms with Crippen LogP contribution in [-0.2, 0) is 10.0 Å². The van der Waals surface area contributed by atoms with Gasteiger partial charge < -0.3 is 5.32 Å². The molecule has 2 N–H and O–H groups in total. The minimum absolute atomic E-state index is 0.0595. The molecule has 2 aromatic carbocycles. The zero-order valence-corrected chi connectivity index (χ0v) is 15.9. The lowest BCUT2D eigenvalue weighted by Gasteiger charge is -2.15. The smallest absolute Gasteiger partial charge is 0.251 e. The first kappa shape index (κ1) is 19.4. The number of hydrogen-bond donors (Lipinski definition) is 2. The second kappa shape index (κ2) is 7.99. The Morgan fingerprint density at radius 2 is 1.72 bits per heavy atom. The van der Waals surface area contributed by atoms with Crippen LogP contribution in [0.25, 0.3) is 0 Å². The summed E-state index contributed by atoms with van der Waals surface area (Å²) in [7, 11) is -3.65. The zero-order chi connectivity index (χ0) is 18.6. The first-order chi connectivity index (χ1) is 11.7. The highest BCUT2D eigenvalue weighted by atomic mass is 35.5. The molecule has 1 atom stereocenters. The van der Waals surface area contributed by atoms with E-state index < -0.39 is 10.0 Å². The molecule has 5 nitrogen and oxygen atoms in total. The molecule has 0 aromatic heterocycles. The molecule has 0 saturated heterocycles. The predicted octanol–water partition coefficient (Wildman–Crippen LogP) is 3.52. The molecule has 0 bridgehead atoms. The molecule has 0 fully saturated rings. The van der Waals surface area contributed by atoms with Crippen molar-refractivity contribution in [2.24, 2.45) is 0 Å². The Morgan fingerprint density at radius 3 is 2.36 bits per heavy atom. The second-order valence-electron chi connectivity index (χ2n) is 6.05. The van der Waals surface area contributed by atoms with E-state index in [1.807, 2.05) is 19.1 Å². The van der Waals surface area contributed by atoms with E-state index in [0.29, 0.717) is 5.02 Å². The molecule has 134 valence electrons. The Morgan fingerprint density at radius 1 is 1.04 bits per heavy atom. The topological polar surface area (TPSA) is 75.3 Å². The van der Waals surface area contributed by atoms with Gasteiger partial charge >= 0.3 is 0 Å². The van der Waals surface area contributed by atoms with Crippen molar-refractivity contribution in [3.05, 3.63) is 64.7 Å². The summed E-state index contributed by atoms with van der Waals surface area (Å²) >= 11 is 5.97. The summed E-state index contributed by atoms with van der Waals surface area (Å²) in [6, 6.07) is 12.7. The van der Waals surface area contributed by atoms with Crippen molar-refractivity contribution in [2.75, 3.05) is 0 Å². The lowest BCUT2D eigenvalue weighted by Crippen LogP contribution is -2.31. The number of hydrogen-bond acceptors (Lipinski definition) is 3. The van der Waals surface area contributed by atoms with E-state index in [1.165, 1.54) is 12.1 Å². The van der Waals surface area contributed by atoms with Gasteiger partial charge in [-0.25, -0.2) is 13.1 Å². The van der Waals surface area contributed by atoms with Gasteiger partial charge in [0.05, 0.1) is 10.9 Å². The highest BCUT2D eigenvalue weighted by molar-refractivity contribution is 7.89. The third-order valence-electron chi connectivity index (χ3n) is 3.49. The van der Waals surface area contributed by atoms with E-state index in [2.05, 4.69) is 10.0 Å². The van der Waals surface area contributed by atoms with Gasteiger partial charge in [-0.15, -0.1) is 0 Å². The van der Waals surface area contributed by atoms with E-state index in [1.54, 1.807) is 38.1 Å². The quantitative estimate of drug-likeness (QED) is 0.805. The van der Waals surface area contributed by atoms with Gasteiger partial charge in [-0.05, 0) is 56.7 Å². The van der Waals surface area contributed by atoms with Crippen molar-refractivity contribution in [3.63, 3.8) is 0 Å². The summed E-state index contributed by atoms with van der Waals surface area (Å²) in [6.07, 6.45) is 0. The van der Waals surface area contributed by atoms with Gasteiger partial charge in [0.2, 0.25) is 10.0 Å². The van der Waals surface area contributed by atoms with Crippen molar-refractivity contribution in [1.29, 1.82) is 0 Å². The van der Waals surface area contributed by atoms with Gasteiger partial charge in [-0.1, -0.05) is 29.8 Å². The number of nitrogens with one attached hydrogen (secondary N) is 2. The van der Waals surface area contributed by atoms with Crippen LogP contribution in [0.4, 0.5) is 0 Å². The predicted molar refractivity (Wildman–Crippen MR) is 99.2 cm³/mol. The van der Waals surface area contributed by atoms with Crippen molar-refractivity contribution in [1.82, 2.24) is 10.0 Å². The van der Waals surface area contributed by atoms with E-state index >= 15 is 0 Å². The molecule has 7 heteroatoms. The van der Waals surface area contributed by atoms with Crippen molar-refractivity contribution in [2.45, 2.75) is 37.8 Å². The first-order valence-corrected chi connectivity index (χ1v) is 9.74. The van der Waals surface area contributed by atoms with Crippen LogP contribution in [0.2, 0.25) is 5.02 Å². The average molecular weight is 381 g/mol. The van der Waals surface area contributed by atoms with Crippen LogP contribution in [0.1, 0.15) is 42.7 Å². The van der Waals surface area contributed by atoms with Gasteiger partial charge in [0.15, 0.2) is 0 Å². The Labute approximate surface area is 153 Å². The molecular weight excluding hydrogens is 360 g/mol. The minimum Gasteiger partial charge on any atom is -0.346 e. The van der Waals surface area contributed by atoms with Crippen LogP contribution >= 0.6 is 11.6 Å². The van der Waals surface area contributed by atoms with Gasteiger partial charge in [-0.2, -0.15) is 0 Å². The molecule has 0 aliphatic carbocycles. The Hall–Kier alpha value is -1.89. The molecule has 0 radical (unpaired) electrons. The van der Waals surface area contributed by atoms with Crippen LogP contribution in [0.5, 0.6) is 0 Å². The van der Waals surface area contributed by atoms with E-state index in [4.69, 9.17) is 11.6 Å². The van der Waals surface area contributed by atoms with Gasteiger partial charge in [0.1, 0.15) is 0 Å². The van der Waals surface area contributed by atoms with Crippen LogP contribution in [0, 0.1) is 0 Å². The maximum Gasteiger partial charge on any atom is 0.251 e. The summed E-state index contributed by atoms with van der Waals surface area (Å²) in [5.74, 6) is -0.353. The molecule has 0 spiro atoms. The summed E-state index contributed by atoms with van der Waals surface area (Å²) in [4.78, 5) is 12.5. The maximum absolute atomic E-state index is 12.5. The largest absolute Gasteiger partial charge is 0.346 e. The fourth-order valence-corrected chi connectivity index (χ4v) is 3.82. The highest BCUT2D eigenvalue weighted by Gasteiger charge is 2.18. The van der Waals surface area contributed by atoms with Gasteiger partial charge in [0.25, 0.3) is 5.91 Å². The van der Waals surface area contributed by atoms with Crippen molar-refractivity contribution in [3.8, 4) is 0 Å². The van der Waals surface area contributed by atoms with E-state index in [0.717, 1.165) is 5.56 Å². The van der Waals surface area contributed by atoms with Gasteiger partial charge in [0, 0.05) is 16.6 Å². The Balaban J connectivity index is 2.19. The SMILES string of the molecule is CC(C)NS(=O)(=O)c1cccc(C(=O)NC(C)c2cccc(Cl)c2)c1. The lowest BCUT2D eigenvalue weighted by molar-refractivity contribution is 0.0939. The minimum atomic E-state index is -3.65. The molecule has 25 heavy (non-hydrogen) atoms. The molecule has 2 aromatic rings. The van der Waals surface area contributed by atoms with Crippen LogP contribution in [-0.4, -0.2) is 20.4 Å². The molecule has 0 aliphatic rings. The Bertz CT molecular complexity index is 866. The van der Waals surface area contributed by atoms with E-state index in [9.17, 15) is 13.2 Å². The van der Waals surface area contributed by atoms with Crippen molar-refractivity contribution >= 4 is 27.5 Å². The van der Waals surface area contributed by atoms with E-state index in [-0.39, 0.29) is 28.4 Å². The number of sulfonamides is 1. The number of carbonyl (C=O) groups excluding carboxylic acids is 1. The fraction of sp³-hybridized carbons (Fsp3) is 0.278. The summed E-state index contributed by atoms with van der Waals surface area (Å²) in [5, 5.41) is 3.44. The number of halogens is 1. The molecular formula is C18H21ClN2O3S. The third kappa shape index (κ3) is 5.29. The first-order valence-electron chi connectivity index (χ1n) is 7.88. The summed E-state index contributed by atoms with van der Waals surface area (Å²) < 4.78 is 27.0. The van der Waals surface area contributed by atoms with Crippen LogP contribution < -0.4 is 10.0 Å². The molecule has 0 heterocycles. The molecule has 2 rings (SSSR count). The van der Waals surface area contributed by atoms with Gasteiger partial charge in [-0.3, -0.25) is 4.79 Å². The molecule has 0 saturated carbocycles. The molecule has 1 amide bonds. The monoisotopic (exact) mass is 380 g/mol. The normalized spacial score (nSPS) is 12.8. The highest BCUT2D eigenvalue weighted by Crippen LogP contribution is 2.18. The number of carbonyl (C=O) groups is 1. The number of rotatable bonds is 6. The van der Waals surface area contributed by atoms with Crippen LogP contribution in [0.3, 0.4) is 0 Å². The third-order valence-corrected chi connectivity index (χ3v) is 5.38. The Kier molecular flexibility index (Phi) is 6.21. The molecule has 0 aliphatic heterocycles. The average Bonchev–Trinajstić information content (AvgIpc) is 2.53. The number of benzene rings is 2. The second-order valence-corrected chi connectivity index (χ2v) is 8.20. The summed E-state index contributed by atoms with van der Waals surface area (Å²) in [5.41, 5.74) is 1.15. The fourth-order valence-electron chi connectivity index (χ4n) is 2.32.